The molecule has 0 aliphatic carbocycles. The number of carbonyl (C=O) groups is 1. The monoisotopic (exact) mass is 629 g/mol. The van der Waals surface area contributed by atoms with E-state index in [0.29, 0.717) is 56.7 Å². The summed E-state index contributed by atoms with van der Waals surface area (Å²) in [6, 6.07) is 11.0. The van der Waals surface area contributed by atoms with Gasteiger partial charge in [-0.25, -0.2) is 4.39 Å². The first kappa shape index (κ1) is 32.9. The Bertz CT molecular complexity index is 1210. The van der Waals surface area contributed by atoms with Crippen LogP contribution in [0.25, 0.3) is 0 Å². The maximum atomic E-state index is 14.5. The molecular formula is C33H49ClFN7O2. The molecule has 9 nitrogen and oxygen atoms in total. The van der Waals surface area contributed by atoms with E-state index in [2.05, 4.69) is 37.9 Å². The van der Waals surface area contributed by atoms with Gasteiger partial charge in [-0.15, -0.1) is 0 Å². The third kappa shape index (κ3) is 8.83. The normalized spacial score (nSPS) is 21.3. The first-order valence-electron chi connectivity index (χ1n) is 16.3. The van der Waals surface area contributed by atoms with E-state index in [4.69, 9.17) is 22.1 Å². The highest BCUT2D eigenvalue weighted by Gasteiger charge is 2.33. The van der Waals surface area contributed by atoms with Gasteiger partial charge in [0, 0.05) is 87.8 Å². The summed E-state index contributed by atoms with van der Waals surface area (Å²) in [5.41, 5.74) is 9.53. The van der Waals surface area contributed by atoms with E-state index in [1.165, 1.54) is 11.6 Å². The van der Waals surface area contributed by atoms with Crippen molar-refractivity contribution in [1.29, 1.82) is 0 Å². The van der Waals surface area contributed by atoms with Crippen LogP contribution in [-0.2, 0) is 17.8 Å². The van der Waals surface area contributed by atoms with E-state index in [9.17, 15) is 9.18 Å². The molecule has 0 aromatic heterocycles. The molecule has 242 valence electrons. The van der Waals surface area contributed by atoms with Crippen LogP contribution < -0.4 is 26.4 Å². The van der Waals surface area contributed by atoms with E-state index in [1.807, 2.05) is 24.0 Å². The predicted molar refractivity (Wildman–Crippen MR) is 175 cm³/mol. The van der Waals surface area contributed by atoms with Crippen molar-refractivity contribution in [2.75, 3.05) is 83.9 Å². The number of piperidine rings is 1. The zero-order valence-corrected chi connectivity index (χ0v) is 26.8. The van der Waals surface area contributed by atoms with Gasteiger partial charge in [0.2, 0.25) is 5.91 Å². The van der Waals surface area contributed by atoms with Crippen LogP contribution in [0, 0.1) is 11.7 Å². The third-order valence-electron chi connectivity index (χ3n) is 9.30. The number of carbonyl (C=O) groups excluding carboxylic acids is 1. The van der Waals surface area contributed by atoms with Crippen molar-refractivity contribution in [1.82, 2.24) is 25.3 Å². The molecule has 0 unspecified atom stereocenters. The van der Waals surface area contributed by atoms with Crippen molar-refractivity contribution < 1.29 is 13.9 Å². The molecule has 11 heteroatoms. The molecule has 2 aromatic carbocycles. The maximum Gasteiger partial charge on any atom is 0.239 e. The lowest BCUT2D eigenvalue weighted by molar-refractivity contribution is -0.136. The SMILES string of the molecule is CCOc1cccc(F)c1CN1CCN(C(=O)[C@H](N)C2CCN(CCc3cc(Cl)ccc3NC[C@H]3CNCCN3)CC2)CC1. The lowest BCUT2D eigenvalue weighted by Gasteiger charge is -2.39. The van der Waals surface area contributed by atoms with Crippen LogP contribution in [0.1, 0.15) is 30.9 Å². The number of hydrogen-bond acceptors (Lipinski definition) is 8. The van der Waals surface area contributed by atoms with Crippen molar-refractivity contribution in [2.45, 2.75) is 44.8 Å². The number of benzene rings is 2. The lowest BCUT2D eigenvalue weighted by Crippen LogP contribution is -2.55. The molecule has 3 fully saturated rings. The summed E-state index contributed by atoms with van der Waals surface area (Å²) in [6.07, 6.45) is 2.75. The Balaban J connectivity index is 1.05. The van der Waals surface area contributed by atoms with Crippen LogP contribution in [0.2, 0.25) is 5.02 Å². The van der Waals surface area contributed by atoms with E-state index in [1.54, 1.807) is 6.07 Å². The summed E-state index contributed by atoms with van der Waals surface area (Å²) < 4.78 is 20.2. The number of likely N-dealkylation sites (tertiary alicyclic amines) is 1. The Labute approximate surface area is 266 Å². The lowest BCUT2D eigenvalue weighted by atomic mass is 9.88. The zero-order valence-electron chi connectivity index (χ0n) is 26.0. The predicted octanol–water partition coefficient (Wildman–Crippen LogP) is 2.78. The van der Waals surface area contributed by atoms with Gasteiger partial charge in [-0.05, 0) is 81.1 Å². The van der Waals surface area contributed by atoms with Crippen molar-refractivity contribution in [3.8, 4) is 5.75 Å². The number of hydrogen-bond donors (Lipinski definition) is 4. The number of nitrogens with zero attached hydrogens (tertiary/aromatic N) is 3. The molecule has 2 atom stereocenters. The minimum Gasteiger partial charge on any atom is -0.493 e. The molecule has 0 radical (unpaired) electrons. The highest BCUT2D eigenvalue weighted by atomic mass is 35.5. The second-order valence-electron chi connectivity index (χ2n) is 12.2. The van der Waals surface area contributed by atoms with Crippen LogP contribution in [0.4, 0.5) is 10.1 Å². The zero-order chi connectivity index (χ0) is 30.9. The van der Waals surface area contributed by atoms with Crippen molar-refractivity contribution in [3.63, 3.8) is 0 Å². The van der Waals surface area contributed by atoms with Crippen LogP contribution in [0.15, 0.2) is 36.4 Å². The van der Waals surface area contributed by atoms with Crippen molar-refractivity contribution >= 4 is 23.2 Å². The number of rotatable bonds is 12. The fourth-order valence-electron chi connectivity index (χ4n) is 6.59. The summed E-state index contributed by atoms with van der Waals surface area (Å²) in [4.78, 5) is 19.9. The standard InChI is InChI=1S/C33H49ClFN7O2/c1-2-44-31-5-3-4-29(35)28(31)23-41-16-18-42(19-17-41)33(43)32(36)24-8-13-40(14-9-24)15-10-25-20-26(34)6-7-30(25)39-22-27-21-37-11-12-38-27/h3-7,20,24,27,32,37-39H,2,8-19,21-23,36H2,1H3/t27-,32-/m1/s1. The maximum absolute atomic E-state index is 14.5. The van der Waals surface area contributed by atoms with Gasteiger partial charge in [-0.1, -0.05) is 17.7 Å². The molecule has 44 heavy (non-hydrogen) atoms. The number of piperazine rings is 2. The Morgan fingerprint density at radius 2 is 1.91 bits per heavy atom. The summed E-state index contributed by atoms with van der Waals surface area (Å²) in [7, 11) is 0. The molecule has 0 spiro atoms. The van der Waals surface area contributed by atoms with E-state index in [-0.39, 0.29) is 17.6 Å². The van der Waals surface area contributed by atoms with Gasteiger partial charge in [0.05, 0.1) is 12.6 Å². The van der Waals surface area contributed by atoms with Gasteiger partial charge < -0.3 is 36.2 Å². The molecule has 3 aliphatic heterocycles. The van der Waals surface area contributed by atoms with Gasteiger partial charge >= 0.3 is 0 Å². The Hall–Kier alpha value is -2.47. The van der Waals surface area contributed by atoms with Crippen LogP contribution >= 0.6 is 11.6 Å². The van der Waals surface area contributed by atoms with Gasteiger partial charge in [-0.2, -0.15) is 0 Å². The van der Waals surface area contributed by atoms with Crippen LogP contribution in [0.3, 0.4) is 0 Å². The highest BCUT2D eigenvalue weighted by Crippen LogP contribution is 2.26. The molecule has 2 aromatic rings. The number of anilines is 1. The molecule has 3 saturated heterocycles. The van der Waals surface area contributed by atoms with Gasteiger partial charge in [0.15, 0.2) is 0 Å². The fraction of sp³-hybridized carbons (Fsp3) is 0.606. The first-order chi connectivity index (χ1) is 21.4. The Kier molecular flexibility index (Phi) is 12.1. The number of nitrogens with two attached hydrogens (primary N) is 1. The molecule has 3 aliphatic rings. The van der Waals surface area contributed by atoms with Gasteiger partial charge in [-0.3, -0.25) is 9.69 Å². The second-order valence-corrected chi connectivity index (χ2v) is 12.7. The molecule has 5 N–H and O–H groups in total. The van der Waals surface area contributed by atoms with E-state index in [0.717, 1.165) is 75.8 Å². The molecule has 0 saturated carbocycles. The minimum atomic E-state index is -0.480. The smallest absolute Gasteiger partial charge is 0.239 e. The van der Waals surface area contributed by atoms with Gasteiger partial charge in [0.25, 0.3) is 0 Å². The van der Waals surface area contributed by atoms with Crippen molar-refractivity contribution in [2.24, 2.45) is 11.7 Å². The Morgan fingerprint density at radius 3 is 2.64 bits per heavy atom. The average Bonchev–Trinajstić information content (AvgIpc) is 3.05. The molecule has 0 bridgehead atoms. The summed E-state index contributed by atoms with van der Waals surface area (Å²) in [5, 5.41) is 11.4. The number of halogens is 2. The van der Waals surface area contributed by atoms with E-state index >= 15 is 0 Å². The Morgan fingerprint density at radius 1 is 1.11 bits per heavy atom. The number of amides is 1. The van der Waals surface area contributed by atoms with Crippen molar-refractivity contribution in [3.05, 3.63) is 58.4 Å². The van der Waals surface area contributed by atoms with E-state index < -0.39 is 6.04 Å². The number of nitrogens with one attached hydrogen (secondary N) is 3. The quantitative estimate of drug-likeness (QED) is 0.285. The van der Waals surface area contributed by atoms with Crippen LogP contribution in [-0.4, -0.2) is 111 Å². The molecule has 3 heterocycles. The average molecular weight is 630 g/mol. The number of ether oxygens (including phenoxy) is 1. The first-order valence-corrected chi connectivity index (χ1v) is 16.6. The minimum absolute atomic E-state index is 0.0429. The summed E-state index contributed by atoms with van der Waals surface area (Å²) in [5.74, 6) is 0.566. The highest BCUT2D eigenvalue weighted by molar-refractivity contribution is 6.30. The summed E-state index contributed by atoms with van der Waals surface area (Å²) >= 11 is 6.37. The molecule has 1 amide bonds. The molecular weight excluding hydrogens is 581 g/mol. The van der Waals surface area contributed by atoms with Crippen LogP contribution in [0.5, 0.6) is 5.75 Å². The summed E-state index contributed by atoms with van der Waals surface area (Å²) in [6.45, 7) is 12.1. The fourth-order valence-corrected chi connectivity index (χ4v) is 6.79. The molecule has 5 rings (SSSR count). The van der Waals surface area contributed by atoms with Gasteiger partial charge in [0.1, 0.15) is 11.6 Å². The second kappa shape index (κ2) is 16.2. The largest absolute Gasteiger partial charge is 0.493 e. The topological polar surface area (TPSA) is 98.1 Å². The third-order valence-corrected chi connectivity index (χ3v) is 9.53.